The Bertz CT molecular complexity index is 796. The third-order valence-corrected chi connectivity index (χ3v) is 5.80. The van der Waals surface area contributed by atoms with Crippen LogP contribution < -0.4 is 10.1 Å². The maximum Gasteiger partial charge on any atom is 0.230 e. The molecule has 1 aliphatic rings. The van der Waals surface area contributed by atoms with Gasteiger partial charge in [-0.1, -0.05) is 42.6 Å². The van der Waals surface area contributed by atoms with Gasteiger partial charge in [0.25, 0.3) is 0 Å². The highest BCUT2D eigenvalue weighted by Crippen LogP contribution is 2.23. The van der Waals surface area contributed by atoms with Crippen LogP contribution in [0.5, 0.6) is 5.75 Å². The van der Waals surface area contributed by atoms with Crippen molar-refractivity contribution in [1.29, 1.82) is 0 Å². The van der Waals surface area contributed by atoms with Gasteiger partial charge in [-0.25, -0.2) is 4.39 Å². The molecule has 0 radical (unpaired) electrons. The third-order valence-electron chi connectivity index (χ3n) is 4.49. The molecule has 3 rings (SSSR count). The minimum absolute atomic E-state index is 0.00527. The lowest BCUT2D eigenvalue weighted by atomic mass is 9.95. The zero-order valence-corrected chi connectivity index (χ0v) is 16.7. The molecule has 1 amide bonds. The van der Waals surface area contributed by atoms with Gasteiger partial charge in [-0.15, -0.1) is 10.2 Å². The van der Waals surface area contributed by atoms with E-state index in [1.165, 1.54) is 49.2 Å². The Morgan fingerprint density at radius 3 is 2.89 bits per heavy atom. The molecular weight excluding hydrogens is 391 g/mol. The maximum absolute atomic E-state index is 13.2. The lowest BCUT2D eigenvalue weighted by Gasteiger charge is -2.22. The Hall–Kier alpha value is -1.80. The summed E-state index contributed by atoms with van der Waals surface area (Å²) in [5.74, 6) is 0.884. The number of hydrogen-bond acceptors (Lipinski definition) is 5. The summed E-state index contributed by atoms with van der Waals surface area (Å²) in [6, 6.07) is 4.47. The van der Waals surface area contributed by atoms with E-state index in [1.54, 1.807) is 4.57 Å². The summed E-state index contributed by atoms with van der Waals surface area (Å²) in [6.45, 7) is 0.167. The predicted octanol–water partition coefficient (Wildman–Crippen LogP) is 3.73. The molecule has 6 nitrogen and oxygen atoms in total. The monoisotopic (exact) mass is 412 g/mol. The van der Waals surface area contributed by atoms with Crippen LogP contribution in [0.1, 0.15) is 37.9 Å². The van der Waals surface area contributed by atoms with Crippen LogP contribution in [0.15, 0.2) is 23.4 Å². The smallest absolute Gasteiger partial charge is 0.230 e. The highest BCUT2D eigenvalue weighted by Gasteiger charge is 2.17. The van der Waals surface area contributed by atoms with Gasteiger partial charge in [0.15, 0.2) is 11.0 Å². The lowest BCUT2D eigenvalue weighted by molar-refractivity contribution is -0.119. The van der Waals surface area contributed by atoms with E-state index < -0.39 is 5.82 Å². The van der Waals surface area contributed by atoms with Gasteiger partial charge in [0.05, 0.1) is 10.8 Å². The van der Waals surface area contributed by atoms with Crippen LogP contribution in [0.25, 0.3) is 0 Å². The fraction of sp³-hybridized carbons (Fsp3) is 0.500. The maximum atomic E-state index is 13.2. The van der Waals surface area contributed by atoms with Gasteiger partial charge in [0.1, 0.15) is 18.2 Å². The zero-order valence-electron chi connectivity index (χ0n) is 15.1. The number of nitrogens with one attached hydrogen (secondary N) is 1. The van der Waals surface area contributed by atoms with Crippen LogP contribution in [0.3, 0.4) is 0 Å². The highest BCUT2D eigenvalue weighted by atomic mass is 35.5. The first-order chi connectivity index (χ1) is 13.0. The summed E-state index contributed by atoms with van der Waals surface area (Å²) in [5.41, 5.74) is 0. The quantitative estimate of drug-likeness (QED) is 0.702. The molecule has 1 aromatic carbocycles. The second-order valence-electron chi connectivity index (χ2n) is 6.51. The molecule has 9 heteroatoms. The molecule has 0 unspecified atom stereocenters. The van der Waals surface area contributed by atoms with Gasteiger partial charge >= 0.3 is 0 Å². The van der Waals surface area contributed by atoms with Crippen molar-refractivity contribution in [3.05, 3.63) is 34.9 Å². The topological polar surface area (TPSA) is 69.0 Å². The average molecular weight is 413 g/mol. The average Bonchev–Trinajstić information content (AvgIpc) is 3.01. The molecule has 0 aliphatic heterocycles. The van der Waals surface area contributed by atoms with Crippen LogP contribution in [-0.4, -0.2) is 32.5 Å². The van der Waals surface area contributed by atoms with Crippen molar-refractivity contribution >= 4 is 29.3 Å². The number of thioether (sulfide) groups is 1. The number of halogens is 2. The SMILES string of the molecule is Cn1c(COc2ccc(F)c(Cl)c2)nnc1SCC(=O)NC1CCCCC1. The highest BCUT2D eigenvalue weighted by molar-refractivity contribution is 7.99. The summed E-state index contributed by atoms with van der Waals surface area (Å²) < 4.78 is 20.5. The first-order valence-electron chi connectivity index (χ1n) is 8.91. The van der Waals surface area contributed by atoms with E-state index in [0.29, 0.717) is 28.5 Å². The molecule has 1 aliphatic carbocycles. The summed E-state index contributed by atoms with van der Waals surface area (Å²) >= 11 is 7.08. The van der Waals surface area contributed by atoms with E-state index in [2.05, 4.69) is 15.5 Å². The molecule has 1 N–H and O–H groups in total. The van der Waals surface area contributed by atoms with Crippen molar-refractivity contribution < 1.29 is 13.9 Å². The van der Waals surface area contributed by atoms with Crippen LogP contribution >= 0.6 is 23.4 Å². The van der Waals surface area contributed by atoms with Crippen molar-refractivity contribution in [2.75, 3.05) is 5.75 Å². The summed E-state index contributed by atoms with van der Waals surface area (Å²) in [4.78, 5) is 12.1. The minimum Gasteiger partial charge on any atom is -0.486 e. The fourth-order valence-corrected chi connectivity index (χ4v) is 3.87. The number of carbonyl (C=O) groups is 1. The molecule has 0 bridgehead atoms. The van der Waals surface area contributed by atoms with Gasteiger partial charge in [0, 0.05) is 19.2 Å². The molecule has 0 atom stereocenters. The molecular formula is C18H22ClFN4O2S. The Labute approximate surface area is 166 Å². The minimum atomic E-state index is -0.493. The Morgan fingerprint density at radius 1 is 1.37 bits per heavy atom. The number of benzene rings is 1. The van der Waals surface area contributed by atoms with Gasteiger partial charge in [-0.05, 0) is 25.0 Å². The van der Waals surface area contributed by atoms with E-state index in [-0.39, 0.29) is 17.5 Å². The van der Waals surface area contributed by atoms with Gasteiger partial charge in [0.2, 0.25) is 5.91 Å². The Balaban J connectivity index is 1.49. The molecule has 1 heterocycles. The number of rotatable bonds is 7. The van der Waals surface area contributed by atoms with Gasteiger partial charge < -0.3 is 14.6 Å². The first-order valence-corrected chi connectivity index (χ1v) is 10.3. The van der Waals surface area contributed by atoms with Crippen molar-refractivity contribution in [1.82, 2.24) is 20.1 Å². The molecule has 146 valence electrons. The first kappa shape index (κ1) is 19.9. The Morgan fingerprint density at radius 2 is 2.15 bits per heavy atom. The number of ether oxygens (including phenoxy) is 1. The lowest BCUT2D eigenvalue weighted by Crippen LogP contribution is -2.37. The predicted molar refractivity (Wildman–Crippen MR) is 102 cm³/mol. The molecule has 1 saturated carbocycles. The molecule has 0 saturated heterocycles. The van der Waals surface area contributed by atoms with Crippen LogP contribution in [-0.2, 0) is 18.4 Å². The largest absolute Gasteiger partial charge is 0.486 e. The summed E-state index contributed by atoms with van der Waals surface area (Å²) in [6.07, 6.45) is 5.76. The zero-order chi connectivity index (χ0) is 19.2. The number of nitrogens with zero attached hydrogens (tertiary/aromatic N) is 3. The molecule has 27 heavy (non-hydrogen) atoms. The van der Waals surface area contributed by atoms with Crippen LogP contribution in [0, 0.1) is 5.82 Å². The second kappa shape index (κ2) is 9.41. The van der Waals surface area contributed by atoms with E-state index >= 15 is 0 Å². The van der Waals surface area contributed by atoms with E-state index in [1.807, 2.05) is 7.05 Å². The normalized spacial score (nSPS) is 14.9. The second-order valence-corrected chi connectivity index (χ2v) is 7.86. The van der Waals surface area contributed by atoms with Gasteiger partial charge in [-0.2, -0.15) is 0 Å². The van der Waals surface area contributed by atoms with E-state index in [0.717, 1.165) is 12.8 Å². The molecule has 1 fully saturated rings. The molecule has 0 spiro atoms. The van der Waals surface area contributed by atoms with Gasteiger partial charge in [-0.3, -0.25) is 4.79 Å². The summed E-state index contributed by atoms with van der Waals surface area (Å²) in [5, 5.41) is 11.9. The standard InChI is InChI=1S/C18H22ClFN4O2S/c1-24-16(10-26-13-7-8-15(20)14(19)9-13)22-23-18(24)27-11-17(25)21-12-5-3-2-4-6-12/h7-9,12H,2-6,10-11H2,1H3,(H,21,25). The van der Waals surface area contributed by atoms with Crippen LogP contribution in [0.4, 0.5) is 4.39 Å². The summed E-state index contributed by atoms with van der Waals surface area (Å²) in [7, 11) is 1.82. The van der Waals surface area contributed by atoms with E-state index in [9.17, 15) is 9.18 Å². The van der Waals surface area contributed by atoms with Crippen molar-refractivity contribution in [2.45, 2.75) is 49.9 Å². The fourth-order valence-electron chi connectivity index (χ4n) is 2.96. The number of hydrogen-bond donors (Lipinski definition) is 1. The number of amides is 1. The molecule has 1 aromatic heterocycles. The molecule has 2 aromatic rings. The van der Waals surface area contributed by atoms with Crippen molar-refractivity contribution in [3.8, 4) is 5.75 Å². The van der Waals surface area contributed by atoms with Crippen LogP contribution in [0.2, 0.25) is 5.02 Å². The van der Waals surface area contributed by atoms with E-state index in [4.69, 9.17) is 16.3 Å². The number of carbonyl (C=O) groups excluding carboxylic acids is 1. The van der Waals surface area contributed by atoms with Crippen molar-refractivity contribution in [3.63, 3.8) is 0 Å². The third kappa shape index (κ3) is 5.59. The van der Waals surface area contributed by atoms with Crippen molar-refractivity contribution in [2.24, 2.45) is 7.05 Å². The number of aromatic nitrogens is 3. The Kier molecular flexibility index (Phi) is 6.95.